The summed E-state index contributed by atoms with van der Waals surface area (Å²) >= 11 is 0. The van der Waals surface area contributed by atoms with Gasteiger partial charge in [0.1, 0.15) is 6.07 Å². The Hall–Kier alpha value is 0.160. The molecule has 40 valence electrons. The second-order valence-electron chi connectivity index (χ2n) is 1.63. The van der Waals surface area contributed by atoms with Crippen molar-refractivity contribution in [1.82, 2.24) is 0 Å². The van der Waals surface area contributed by atoms with Gasteiger partial charge in [0.15, 0.2) is 0 Å². The quantitative estimate of drug-likeness (QED) is 0.293. The first kappa shape index (κ1) is 11.0. The summed E-state index contributed by atoms with van der Waals surface area (Å²) in [6.07, 6.45) is 0. The molecule has 0 radical (unpaired) electrons. The van der Waals surface area contributed by atoms with Crippen LogP contribution in [0, 0.1) is 17.2 Å². The minimum atomic E-state index is -0.347. The first-order chi connectivity index (χ1) is 3.18. The molecule has 0 aromatic heterocycles. The van der Waals surface area contributed by atoms with Crippen LogP contribution < -0.4 is 29.6 Å². The van der Waals surface area contributed by atoms with Crippen molar-refractivity contribution in [3.63, 3.8) is 0 Å². The molecule has 0 aromatic rings. The van der Waals surface area contributed by atoms with Crippen molar-refractivity contribution < 1.29 is 35.8 Å². The maximum Gasteiger partial charge on any atom is 1.00 e. The normalized spacial score (nSPS) is 7.25. The van der Waals surface area contributed by atoms with Crippen molar-refractivity contribution in [2.45, 2.75) is 13.8 Å². The van der Waals surface area contributed by atoms with E-state index in [1.165, 1.54) is 6.07 Å². The van der Waals surface area contributed by atoms with E-state index >= 15 is 0 Å². The van der Waals surface area contributed by atoms with Crippen LogP contribution in [0.25, 0.3) is 0 Å². The van der Waals surface area contributed by atoms with Gasteiger partial charge in [0.05, 0.1) is 0 Å². The zero-order valence-corrected chi connectivity index (χ0v) is 7.43. The van der Waals surface area contributed by atoms with Gasteiger partial charge in [-0.3, -0.25) is 4.79 Å². The van der Waals surface area contributed by atoms with E-state index in [-0.39, 0.29) is 42.7 Å². The predicted octanol–water partition coefficient (Wildman–Crippen LogP) is -2.15. The topological polar surface area (TPSA) is 40.9 Å². The third kappa shape index (κ3) is 4.32. The number of Topliss-reactive ketones (excluding diaryl/α,β-unsaturated/α-hetero) is 1. The molecule has 0 aromatic carbocycles. The molecule has 0 spiro atoms. The van der Waals surface area contributed by atoms with E-state index in [2.05, 4.69) is 0 Å². The average Bonchev–Trinajstić information content (AvgIpc) is 1.65. The van der Waals surface area contributed by atoms with E-state index in [0.717, 1.165) is 0 Å². The summed E-state index contributed by atoms with van der Waals surface area (Å²) in [5, 5.41) is 7.91. The third-order valence-electron chi connectivity index (χ3n) is 0.635. The second-order valence-corrected chi connectivity index (χ2v) is 1.63. The molecule has 3 heteroatoms. The molecule has 0 atom stereocenters. The van der Waals surface area contributed by atoms with Gasteiger partial charge in [0, 0.05) is 5.92 Å². The van der Waals surface area contributed by atoms with Crippen LogP contribution in [-0.2, 0) is 4.79 Å². The molecule has 0 fully saturated rings. The average molecular weight is 121 g/mol. The van der Waals surface area contributed by atoms with Crippen molar-refractivity contribution in [1.29, 1.82) is 5.26 Å². The van der Waals surface area contributed by atoms with Crippen LogP contribution in [-0.4, -0.2) is 5.78 Å². The Morgan fingerprint density at radius 1 is 1.75 bits per heavy atom. The monoisotopic (exact) mass is 121 g/mol. The van der Waals surface area contributed by atoms with Crippen LogP contribution >= 0.6 is 0 Å². The van der Waals surface area contributed by atoms with E-state index in [4.69, 9.17) is 5.26 Å². The number of nitriles is 1. The van der Waals surface area contributed by atoms with Gasteiger partial charge in [-0.2, -0.15) is 5.26 Å². The van der Waals surface area contributed by atoms with E-state index in [1.54, 1.807) is 13.8 Å². The summed E-state index contributed by atoms with van der Waals surface area (Å²) in [7, 11) is 0. The molecule has 0 aliphatic rings. The van der Waals surface area contributed by atoms with Crippen LogP contribution in [0.4, 0.5) is 0 Å². The van der Waals surface area contributed by atoms with Crippen molar-refractivity contribution in [2.24, 2.45) is 5.92 Å². The third-order valence-corrected chi connectivity index (χ3v) is 0.635. The fourth-order valence-corrected chi connectivity index (χ4v) is 0.129. The fraction of sp³-hybridized carbons (Fsp3) is 0.600. The Bertz CT molecular complexity index is 119. The zero-order chi connectivity index (χ0) is 5.86. The number of carbonyl (C=O) groups excluding carboxylic acids is 1. The number of ketones is 1. The minimum absolute atomic E-state index is 0. The number of carbonyl (C=O) groups is 1. The summed E-state index contributed by atoms with van der Waals surface area (Å²) < 4.78 is 0. The maximum absolute atomic E-state index is 10.2. The molecule has 0 aliphatic carbocycles. The number of rotatable bonds is 1. The Labute approximate surface area is 72.7 Å². The molecule has 8 heavy (non-hydrogen) atoms. The summed E-state index contributed by atoms with van der Waals surface area (Å²) in [5.74, 6) is -0.481. The molecular weight excluding hydrogens is 113 g/mol. The molecule has 0 saturated carbocycles. The second kappa shape index (κ2) is 5.30. The summed E-state index contributed by atoms with van der Waals surface area (Å²) in [5.41, 5.74) is 0. The Balaban J connectivity index is -0.000000180. The summed E-state index contributed by atoms with van der Waals surface area (Å²) in [4.78, 5) is 10.2. The van der Waals surface area contributed by atoms with Crippen LogP contribution in [0.1, 0.15) is 15.3 Å². The Kier molecular flexibility index (Phi) is 7.30. The fourth-order valence-electron chi connectivity index (χ4n) is 0.129. The summed E-state index contributed by atoms with van der Waals surface area (Å²) in [6, 6.07) is 1.53. The van der Waals surface area contributed by atoms with Gasteiger partial charge < -0.3 is 1.43 Å². The van der Waals surface area contributed by atoms with Crippen molar-refractivity contribution in [3.8, 4) is 6.07 Å². The number of hydrogen-bond acceptors (Lipinski definition) is 2. The molecule has 0 unspecified atom stereocenters. The Morgan fingerprint density at radius 2 is 2.12 bits per heavy atom. The molecule has 0 aliphatic heterocycles. The molecule has 0 amide bonds. The first-order valence-corrected chi connectivity index (χ1v) is 2.12. The van der Waals surface area contributed by atoms with Crippen LogP contribution in [0.2, 0.25) is 0 Å². The molecular formula is C5H8NNaO. The van der Waals surface area contributed by atoms with Crippen LogP contribution in [0.15, 0.2) is 0 Å². The molecule has 0 rings (SSSR count). The van der Waals surface area contributed by atoms with E-state index in [9.17, 15) is 4.79 Å². The summed E-state index contributed by atoms with van der Waals surface area (Å²) in [6.45, 7) is 3.40. The van der Waals surface area contributed by atoms with Gasteiger partial charge in [-0.15, -0.1) is 0 Å². The van der Waals surface area contributed by atoms with Gasteiger partial charge in [-0.25, -0.2) is 0 Å². The van der Waals surface area contributed by atoms with Gasteiger partial charge >= 0.3 is 29.6 Å². The minimum Gasteiger partial charge on any atom is -1.00 e. The van der Waals surface area contributed by atoms with E-state index < -0.39 is 0 Å². The van der Waals surface area contributed by atoms with Crippen molar-refractivity contribution in [3.05, 3.63) is 0 Å². The van der Waals surface area contributed by atoms with Gasteiger partial charge in [-0.05, 0) is 0 Å². The van der Waals surface area contributed by atoms with E-state index in [0.29, 0.717) is 0 Å². The standard InChI is InChI=1S/C5H7NO.Na.H/c1-4(2)5(7)3-6;;/h4H,1-2H3;;/q;+1;-1. The molecule has 0 N–H and O–H groups in total. The van der Waals surface area contributed by atoms with Crippen LogP contribution in [0.3, 0.4) is 0 Å². The predicted molar refractivity (Wildman–Crippen MR) is 26.6 cm³/mol. The molecule has 0 bridgehead atoms. The van der Waals surface area contributed by atoms with E-state index in [1.807, 2.05) is 0 Å². The van der Waals surface area contributed by atoms with Gasteiger partial charge in [0.25, 0.3) is 0 Å². The molecule has 0 heterocycles. The maximum atomic E-state index is 10.2. The van der Waals surface area contributed by atoms with Crippen molar-refractivity contribution in [2.75, 3.05) is 0 Å². The SMILES string of the molecule is CC(C)C(=O)C#N.[H-].[Na+]. The largest absolute Gasteiger partial charge is 1.00 e. The van der Waals surface area contributed by atoms with Gasteiger partial charge in [0.2, 0.25) is 5.78 Å². The van der Waals surface area contributed by atoms with Crippen molar-refractivity contribution >= 4 is 5.78 Å². The molecule has 0 saturated heterocycles. The number of hydrogen-bond donors (Lipinski definition) is 0. The van der Waals surface area contributed by atoms with Gasteiger partial charge in [-0.1, -0.05) is 13.8 Å². The smallest absolute Gasteiger partial charge is 1.00 e. The van der Waals surface area contributed by atoms with Crippen LogP contribution in [0.5, 0.6) is 0 Å². The first-order valence-electron chi connectivity index (χ1n) is 2.12. The number of nitrogens with zero attached hydrogens (tertiary/aromatic N) is 1. The zero-order valence-electron chi connectivity index (χ0n) is 6.43. The Morgan fingerprint density at radius 3 is 2.12 bits per heavy atom. The molecule has 2 nitrogen and oxygen atoms in total.